The van der Waals surface area contributed by atoms with Crippen molar-refractivity contribution in [3.63, 3.8) is 0 Å². The highest BCUT2D eigenvalue weighted by molar-refractivity contribution is 5.46. The average molecular weight is 269 g/mol. The molecule has 106 valence electrons. The monoisotopic (exact) mass is 269 g/mol. The van der Waals surface area contributed by atoms with Gasteiger partial charge in [-0.3, -0.25) is 0 Å². The van der Waals surface area contributed by atoms with Crippen LogP contribution in [0.4, 0.5) is 5.69 Å². The fraction of sp³-hybridized carbons (Fsp3) is 0.333. The highest BCUT2D eigenvalue weighted by Gasteiger charge is 2.12. The van der Waals surface area contributed by atoms with Crippen molar-refractivity contribution in [2.75, 3.05) is 5.32 Å². The Kier molecular flexibility index (Phi) is 4.46. The maximum absolute atomic E-state index is 9.01. The number of hydrogen-bond acceptors (Lipinski definition) is 2. The van der Waals surface area contributed by atoms with Crippen LogP contribution in [0.2, 0.25) is 0 Å². The lowest BCUT2D eigenvalue weighted by atomic mass is 9.87. The van der Waals surface area contributed by atoms with Crippen LogP contribution in [0.1, 0.15) is 37.5 Å². The third-order valence-electron chi connectivity index (χ3n) is 3.45. The molecule has 0 aromatic heterocycles. The van der Waals surface area contributed by atoms with Crippen molar-refractivity contribution < 1.29 is 5.11 Å². The summed E-state index contributed by atoms with van der Waals surface area (Å²) in [6, 6.07) is 16.6. The van der Waals surface area contributed by atoms with E-state index in [2.05, 4.69) is 50.4 Å². The fourth-order valence-electron chi connectivity index (χ4n) is 2.05. The summed E-state index contributed by atoms with van der Waals surface area (Å²) in [5, 5.41) is 12.4. The van der Waals surface area contributed by atoms with E-state index in [0.29, 0.717) is 0 Å². The van der Waals surface area contributed by atoms with Gasteiger partial charge in [0.05, 0.1) is 6.61 Å². The second-order valence-electron chi connectivity index (χ2n) is 6.16. The lowest BCUT2D eigenvalue weighted by molar-refractivity contribution is 0.282. The molecular weight excluding hydrogens is 246 g/mol. The number of benzene rings is 2. The molecule has 0 amide bonds. The van der Waals surface area contributed by atoms with Crippen LogP contribution in [0, 0.1) is 0 Å². The Morgan fingerprint density at radius 2 is 1.40 bits per heavy atom. The first-order valence-corrected chi connectivity index (χ1v) is 7.02. The zero-order valence-corrected chi connectivity index (χ0v) is 12.5. The molecule has 0 atom stereocenters. The molecular formula is C18H23NO. The topological polar surface area (TPSA) is 32.3 Å². The summed E-state index contributed by atoms with van der Waals surface area (Å²) in [5.74, 6) is 0. The van der Waals surface area contributed by atoms with Crippen LogP contribution in [0.15, 0.2) is 48.5 Å². The van der Waals surface area contributed by atoms with Gasteiger partial charge in [0.15, 0.2) is 0 Å². The Morgan fingerprint density at radius 3 is 1.90 bits per heavy atom. The van der Waals surface area contributed by atoms with Gasteiger partial charge in [0.2, 0.25) is 0 Å². The number of aliphatic hydroxyl groups is 1. The molecule has 0 bridgehead atoms. The van der Waals surface area contributed by atoms with E-state index in [-0.39, 0.29) is 12.0 Å². The van der Waals surface area contributed by atoms with Gasteiger partial charge < -0.3 is 10.4 Å². The molecule has 2 heteroatoms. The Bertz CT molecular complexity index is 535. The molecule has 0 saturated carbocycles. The van der Waals surface area contributed by atoms with Crippen LogP contribution < -0.4 is 5.32 Å². The van der Waals surface area contributed by atoms with Crippen molar-refractivity contribution >= 4 is 5.69 Å². The van der Waals surface area contributed by atoms with Gasteiger partial charge in [-0.1, -0.05) is 57.2 Å². The summed E-state index contributed by atoms with van der Waals surface area (Å²) in [6.07, 6.45) is 0. The molecule has 2 N–H and O–H groups in total. The number of anilines is 1. The van der Waals surface area contributed by atoms with E-state index in [9.17, 15) is 0 Å². The van der Waals surface area contributed by atoms with E-state index < -0.39 is 0 Å². The normalized spacial score (nSPS) is 11.4. The van der Waals surface area contributed by atoms with Crippen LogP contribution in [0.25, 0.3) is 0 Å². The van der Waals surface area contributed by atoms with E-state index >= 15 is 0 Å². The third-order valence-corrected chi connectivity index (χ3v) is 3.45. The Balaban J connectivity index is 1.96. The Morgan fingerprint density at radius 1 is 0.850 bits per heavy atom. The molecule has 2 aromatic rings. The molecule has 0 aliphatic carbocycles. The largest absolute Gasteiger partial charge is 0.392 e. The summed E-state index contributed by atoms with van der Waals surface area (Å²) in [4.78, 5) is 0. The summed E-state index contributed by atoms with van der Waals surface area (Å²) in [6.45, 7) is 7.55. The first kappa shape index (κ1) is 14.6. The molecule has 0 spiro atoms. The summed E-state index contributed by atoms with van der Waals surface area (Å²) in [7, 11) is 0. The summed E-state index contributed by atoms with van der Waals surface area (Å²) >= 11 is 0. The van der Waals surface area contributed by atoms with Gasteiger partial charge in [0.1, 0.15) is 0 Å². The molecule has 0 aliphatic heterocycles. The predicted molar refractivity (Wildman–Crippen MR) is 84.8 cm³/mol. The lowest BCUT2D eigenvalue weighted by Crippen LogP contribution is -2.10. The molecule has 0 radical (unpaired) electrons. The van der Waals surface area contributed by atoms with Crippen molar-refractivity contribution in [3.05, 3.63) is 65.2 Å². The number of aliphatic hydroxyl groups excluding tert-OH is 1. The van der Waals surface area contributed by atoms with Gasteiger partial charge >= 0.3 is 0 Å². The lowest BCUT2D eigenvalue weighted by Gasteiger charge is -2.19. The Hall–Kier alpha value is -1.80. The maximum Gasteiger partial charge on any atom is 0.0681 e. The van der Waals surface area contributed by atoms with Crippen molar-refractivity contribution in [2.24, 2.45) is 0 Å². The highest BCUT2D eigenvalue weighted by atomic mass is 16.3. The van der Waals surface area contributed by atoms with Crippen LogP contribution in [-0.4, -0.2) is 5.11 Å². The van der Waals surface area contributed by atoms with Crippen molar-refractivity contribution in [3.8, 4) is 0 Å². The van der Waals surface area contributed by atoms with Crippen LogP contribution in [0.5, 0.6) is 0 Å². The fourth-order valence-corrected chi connectivity index (χ4v) is 2.05. The predicted octanol–water partition coefficient (Wildman–Crippen LogP) is 4.09. The van der Waals surface area contributed by atoms with Crippen LogP contribution in [0.3, 0.4) is 0 Å². The minimum Gasteiger partial charge on any atom is -0.392 e. The minimum atomic E-state index is 0.0992. The van der Waals surface area contributed by atoms with Crippen LogP contribution >= 0.6 is 0 Å². The number of hydrogen-bond donors (Lipinski definition) is 2. The molecule has 20 heavy (non-hydrogen) atoms. The molecule has 0 heterocycles. The standard InChI is InChI=1S/C18H23NO/c1-18(2,3)16-8-10-17(11-9-16)19-12-14-4-6-15(13-20)7-5-14/h4-11,19-20H,12-13H2,1-3H3. The summed E-state index contributed by atoms with van der Waals surface area (Å²) < 4.78 is 0. The van der Waals surface area contributed by atoms with Gasteiger partial charge in [-0.15, -0.1) is 0 Å². The van der Waals surface area contributed by atoms with E-state index in [1.54, 1.807) is 0 Å². The van der Waals surface area contributed by atoms with Gasteiger partial charge in [-0.2, -0.15) is 0 Å². The molecule has 2 nitrogen and oxygen atoms in total. The van der Waals surface area contributed by atoms with Crippen molar-refractivity contribution in [1.29, 1.82) is 0 Å². The second kappa shape index (κ2) is 6.10. The van der Waals surface area contributed by atoms with E-state index in [1.165, 1.54) is 11.1 Å². The van der Waals surface area contributed by atoms with E-state index in [1.807, 2.05) is 24.3 Å². The molecule has 2 aromatic carbocycles. The van der Waals surface area contributed by atoms with Crippen molar-refractivity contribution in [2.45, 2.75) is 39.3 Å². The molecule has 0 fully saturated rings. The second-order valence-corrected chi connectivity index (χ2v) is 6.16. The quantitative estimate of drug-likeness (QED) is 0.876. The third kappa shape index (κ3) is 3.84. The number of rotatable bonds is 4. The molecule has 0 unspecified atom stereocenters. The smallest absolute Gasteiger partial charge is 0.0681 e. The SMILES string of the molecule is CC(C)(C)c1ccc(NCc2ccc(CO)cc2)cc1. The average Bonchev–Trinajstić information content (AvgIpc) is 2.45. The number of nitrogens with one attached hydrogen (secondary N) is 1. The zero-order valence-electron chi connectivity index (χ0n) is 12.5. The van der Waals surface area contributed by atoms with Gasteiger partial charge in [0.25, 0.3) is 0 Å². The summed E-state index contributed by atoms with van der Waals surface area (Å²) in [5.41, 5.74) is 4.82. The van der Waals surface area contributed by atoms with Gasteiger partial charge in [0, 0.05) is 12.2 Å². The molecule has 2 rings (SSSR count). The van der Waals surface area contributed by atoms with E-state index in [0.717, 1.165) is 17.8 Å². The van der Waals surface area contributed by atoms with E-state index in [4.69, 9.17) is 5.11 Å². The van der Waals surface area contributed by atoms with Crippen molar-refractivity contribution in [1.82, 2.24) is 0 Å². The van der Waals surface area contributed by atoms with Gasteiger partial charge in [-0.25, -0.2) is 0 Å². The first-order valence-electron chi connectivity index (χ1n) is 7.02. The highest BCUT2D eigenvalue weighted by Crippen LogP contribution is 2.23. The maximum atomic E-state index is 9.01. The van der Waals surface area contributed by atoms with Crippen LogP contribution in [-0.2, 0) is 18.6 Å². The minimum absolute atomic E-state index is 0.0992. The Labute approximate surface area is 121 Å². The molecule has 0 aliphatic rings. The van der Waals surface area contributed by atoms with Gasteiger partial charge in [-0.05, 0) is 34.2 Å². The first-order chi connectivity index (χ1) is 9.49. The zero-order chi connectivity index (χ0) is 14.6. The molecule has 0 saturated heterocycles.